The van der Waals surface area contributed by atoms with Gasteiger partial charge in [-0.15, -0.1) is 0 Å². The van der Waals surface area contributed by atoms with Crippen LogP contribution in [-0.4, -0.2) is 24.7 Å². The number of anilines is 1. The molecule has 1 aromatic heterocycles. The van der Waals surface area contributed by atoms with Crippen LogP contribution in [0.2, 0.25) is 0 Å². The van der Waals surface area contributed by atoms with E-state index in [9.17, 15) is 10.1 Å². The monoisotopic (exact) mass is 381 g/mol. The zero-order valence-electron chi connectivity index (χ0n) is 17.3. The van der Waals surface area contributed by atoms with Gasteiger partial charge in [0.25, 0.3) is 5.91 Å². The maximum absolute atomic E-state index is 12.6. The predicted molar refractivity (Wildman–Crippen MR) is 111 cm³/mol. The molecule has 28 heavy (non-hydrogen) atoms. The Morgan fingerprint density at radius 2 is 1.79 bits per heavy atom. The summed E-state index contributed by atoms with van der Waals surface area (Å²) in [6.07, 6.45) is 1.63. The van der Waals surface area contributed by atoms with Gasteiger partial charge in [-0.3, -0.25) is 4.79 Å². The van der Waals surface area contributed by atoms with E-state index >= 15 is 0 Å². The number of nitriles is 1. The molecule has 0 aliphatic heterocycles. The highest BCUT2D eigenvalue weighted by Gasteiger charge is 2.14. The van der Waals surface area contributed by atoms with Crippen molar-refractivity contribution in [3.8, 4) is 17.6 Å². The standard InChI is InChI=1S/C22H27N3O3/c1-14(2)13-25-15(3)7-17(16(25)4)8-18(12-23)22(26)24-19-9-20(27-5)11-21(10-19)28-6/h7-11,14H,13H2,1-6H3,(H,24,26)/b18-8+. The predicted octanol–water partition coefficient (Wildman–Crippen LogP) is 4.32. The molecule has 0 unspecified atom stereocenters. The summed E-state index contributed by atoms with van der Waals surface area (Å²) in [4.78, 5) is 12.6. The third-order valence-corrected chi connectivity index (χ3v) is 4.43. The number of rotatable bonds is 7. The van der Waals surface area contributed by atoms with Crippen LogP contribution < -0.4 is 14.8 Å². The van der Waals surface area contributed by atoms with Crippen LogP contribution in [0.5, 0.6) is 11.5 Å². The number of nitrogens with one attached hydrogen (secondary N) is 1. The van der Waals surface area contributed by atoms with Crippen LogP contribution in [0.3, 0.4) is 0 Å². The number of carbonyl (C=O) groups excluding carboxylic acids is 1. The van der Waals surface area contributed by atoms with E-state index in [0.717, 1.165) is 23.5 Å². The quantitative estimate of drug-likeness (QED) is 0.572. The Balaban J connectivity index is 2.31. The van der Waals surface area contributed by atoms with Gasteiger partial charge in [0, 0.05) is 41.8 Å². The number of hydrogen-bond donors (Lipinski definition) is 1. The van der Waals surface area contributed by atoms with Crippen LogP contribution in [0.15, 0.2) is 29.8 Å². The number of benzene rings is 1. The van der Waals surface area contributed by atoms with Gasteiger partial charge in [0.15, 0.2) is 0 Å². The van der Waals surface area contributed by atoms with Crippen molar-refractivity contribution >= 4 is 17.7 Å². The van der Waals surface area contributed by atoms with Crippen molar-refractivity contribution in [1.82, 2.24) is 4.57 Å². The fraction of sp³-hybridized carbons (Fsp3) is 0.364. The molecule has 0 atom stereocenters. The van der Waals surface area contributed by atoms with E-state index in [-0.39, 0.29) is 5.57 Å². The summed E-state index contributed by atoms with van der Waals surface area (Å²) in [6.45, 7) is 9.24. The van der Waals surface area contributed by atoms with E-state index < -0.39 is 5.91 Å². The minimum absolute atomic E-state index is 0.0339. The molecule has 2 aromatic rings. The van der Waals surface area contributed by atoms with Crippen LogP contribution >= 0.6 is 0 Å². The van der Waals surface area contributed by atoms with Gasteiger partial charge in [-0.05, 0) is 37.5 Å². The molecular formula is C22H27N3O3. The Morgan fingerprint density at radius 1 is 1.18 bits per heavy atom. The molecule has 0 saturated heterocycles. The van der Waals surface area contributed by atoms with Crippen molar-refractivity contribution in [3.63, 3.8) is 0 Å². The first-order valence-corrected chi connectivity index (χ1v) is 9.12. The fourth-order valence-corrected chi connectivity index (χ4v) is 3.00. The van der Waals surface area contributed by atoms with E-state index in [1.165, 1.54) is 14.2 Å². The zero-order valence-corrected chi connectivity index (χ0v) is 17.3. The molecule has 2 rings (SSSR count). The van der Waals surface area contributed by atoms with Crippen LogP contribution in [0.25, 0.3) is 6.08 Å². The second kappa shape index (κ2) is 9.14. The molecule has 0 bridgehead atoms. The largest absolute Gasteiger partial charge is 0.497 e. The normalized spacial score (nSPS) is 11.3. The average Bonchev–Trinajstić information content (AvgIpc) is 2.92. The maximum Gasteiger partial charge on any atom is 0.266 e. The topological polar surface area (TPSA) is 76.3 Å². The number of nitrogens with zero attached hydrogens (tertiary/aromatic N) is 2. The van der Waals surface area contributed by atoms with Gasteiger partial charge in [-0.25, -0.2) is 0 Å². The van der Waals surface area contributed by atoms with Gasteiger partial charge in [-0.2, -0.15) is 5.26 Å². The molecule has 0 aliphatic rings. The van der Waals surface area contributed by atoms with Gasteiger partial charge < -0.3 is 19.4 Å². The van der Waals surface area contributed by atoms with Crippen molar-refractivity contribution in [1.29, 1.82) is 5.26 Å². The Bertz CT molecular complexity index is 911. The Labute approximate surface area is 166 Å². The van der Waals surface area contributed by atoms with E-state index in [2.05, 4.69) is 23.7 Å². The van der Waals surface area contributed by atoms with Crippen molar-refractivity contribution in [3.05, 3.63) is 46.8 Å². The molecule has 0 radical (unpaired) electrons. The van der Waals surface area contributed by atoms with Crippen LogP contribution in [0, 0.1) is 31.1 Å². The molecule has 148 valence electrons. The molecule has 0 aliphatic carbocycles. The summed E-state index contributed by atoms with van der Waals surface area (Å²) in [6, 6.07) is 9.05. The first-order valence-electron chi connectivity index (χ1n) is 9.12. The average molecular weight is 381 g/mol. The molecule has 6 heteroatoms. The molecule has 1 N–H and O–H groups in total. The highest BCUT2D eigenvalue weighted by molar-refractivity contribution is 6.09. The van der Waals surface area contributed by atoms with Crippen LogP contribution in [-0.2, 0) is 11.3 Å². The van der Waals surface area contributed by atoms with Gasteiger partial charge in [0.2, 0.25) is 0 Å². The number of aryl methyl sites for hydroxylation is 1. The second-order valence-electron chi connectivity index (χ2n) is 7.06. The Kier molecular flexibility index (Phi) is 6.89. The fourth-order valence-electron chi connectivity index (χ4n) is 3.00. The third kappa shape index (κ3) is 4.95. The number of amides is 1. The van der Waals surface area contributed by atoms with Gasteiger partial charge in [-0.1, -0.05) is 13.8 Å². The second-order valence-corrected chi connectivity index (χ2v) is 7.06. The smallest absolute Gasteiger partial charge is 0.266 e. The summed E-state index contributed by atoms with van der Waals surface area (Å²) in [5, 5.41) is 12.3. The lowest BCUT2D eigenvalue weighted by atomic mass is 10.1. The first kappa shape index (κ1) is 21.1. The van der Waals surface area contributed by atoms with E-state index in [1.54, 1.807) is 24.3 Å². The minimum Gasteiger partial charge on any atom is -0.497 e. The maximum atomic E-state index is 12.6. The Morgan fingerprint density at radius 3 is 2.29 bits per heavy atom. The van der Waals surface area contributed by atoms with E-state index in [0.29, 0.717) is 23.1 Å². The van der Waals surface area contributed by atoms with Crippen LogP contribution in [0.4, 0.5) is 5.69 Å². The van der Waals surface area contributed by atoms with Crippen molar-refractivity contribution in [2.24, 2.45) is 5.92 Å². The molecule has 6 nitrogen and oxygen atoms in total. The lowest BCUT2D eigenvalue weighted by molar-refractivity contribution is -0.112. The molecule has 1 heterocycles. The molecule has 0 fully saturated rings. The molecule has 0 saturated carbocycles. The molecule has 1 amide bonds. The summed E-state index contributed by atoms with van der Waals surface area (Å²) in [5.41, 5.74) is 3.54. The lowest BCUT2D eigenvalue weighted by Crippen LogP contribution is -2.13. The number of hydrogen-bond acceptors (Lipinski definition) is 4. The van der Waals surface area contributed by atoms with Crippen LogP contribution in [0.1, 0.15) is 30.8 Å². The lowest BCUT2D eigenvalue weighted by Gasteiger charge is -2.12. The van der Waals surface area contributed by atoms with Gasteiger partial charge in [0.1, 0.15) is 23.1 Å². The summed E-state index contributed by atoms with van der Waals surface area (Å²) in [5.74, 6) is 1.12. The summed E-state index contributed by atoms with van der Waals surface area (Å²) in [7, 11) is 3.07. The van der Waals surface area contributed by atoms with Gasteiger partial charge in [0.05, 0.1) is 14.2 Å². The zero-order chi connectivity index (χ0) is 20.8. The minimum atomic E-state index is -0.480. The highest BCUT2D eigenvalue weighted by atomic mass is 16.5. The van der Waals surface area contributed by atoms with Crippen molar-refractivity contribution in [2.45, 2.75) is 34.2 Å². The summed E-state index contributed by atoms with van der Waals surface area (Å²) < 4.78 is 12.6. The Hall–Kier alpha value is -3.20. The number of aromatic nitrogens is 1. The highest BCUT2D eigenvalue weighted by Crippen LogP contribution is 2.26. The van der Waals surface area contributed by atoms with Gasteiger partial charge >= 0.3 is 0 Å². The summed E-state index contributed by atoms with van der Waals surface area (Å²) >= 11 is 0. The number of methoxy groups -OCH3 is 2. The molecular weight excluding hydrogens is 354 g/mol. The van der Waals surface area contributed by atoms with Crippen molar-refractivity contribution in [2.75, 3.05) is 19.5 Å². The molecule has 1 aromatic carbocycles. The first-order chi connectivity index (χ1) is 13.3. The number of carbonyl (C=O) groups is 1. The SMILES string of the molecule is COc1cc(NC(=O)/C(C#N)=C/c2cc(C)n(CC(C)C)c2C)cc(OC)c1. The van der Waals surface area contributed by atoms with Crippen molar-refractivity contribution < 1.29 is 14.3 Å². The number of ether oxygens (including phenoxy) is 2. The third-order valence-electron chi connectivity index (χ3n) is 4.43. The molecule has 0 spiro atoms. The van der Waals surface area contributed by atoms with E-state index in [4.69, 9.17) is 9.47 Å². The van der Waals surface area contributed by atoms with E-state index in [1.807, 2.05) is 26.0 Å².